The Morgan fingerprint density at radius 2 is 1.96 bits per heavy atom. The average Bonchev–Trinajstić information content (AvgIpc) is 2.89. The predicted molar refractivity (Wildman–Crippen MR) is 105 cm³/mol. The van der Waals surface area contributed by atoms with Gasteiger partial charge in [-0.05, 0) is 73.3 Å². The van der Waals surface area contributed by atoms with Crippen LogP contribution >= 0.6 is 0 Å². The van der Waals surface area contributed by atoms with E-state index in [-0.39, 0.29) is 22.6 Å². The van der Waals surface area contributed by atoms with Crippen LogP contribution in [0.2, 0.25) is 0 Å². The second-order valence-electron chi connectivity index (χ2n) is 9.69. The molecular formula is C24H30O3. The number of terminal acetylenes is 1. The van der Waals surface area contributed by atoms with Crippen LogP contribution in [0.5, 0.6) is 0 Å². The first kappa shape index (κ1) is 18.5. The molecule has 0 amide bonds. The number of hydrogen-bond donors (Lipinski definition) is 0. The van der Waals surface area contributed by atoms with Crippen LogP contribution in [0.4, 0.5) is 0 Å². The lowest BCUT2D eigenvalue weighted by molar-refractivity contribution is -0.168. The minimum Gasteiger partial charge on any atom is -0.445 e. The Balaban J connectivity index is 1.73. The van der Waals surface area contributed by atoms with E-state index in [1.54, 1.807) is 0 Å². The molecule has 0 saturated heterocycles. The molecule has 3 heteroatoms. The zero-order valence-corrected chi connectivity index (χ0v) is 16.8. The summed E-state index contributed by atoms with van der Waals surface area (Å²) in [7, 11) is 0. The fraction of sp³-hybridized carbons (Fsp3) is 0.667. The van der Waals surface area contributed by atoms with Crippen molar-refractivity contribution in [2.45, 2.75) is 71.3 Å². The second kappa shape index (κ2) is 5.84. The van der Waals surface area contributed by atoms with Gasteiger partial charge in [-0.15, -0.1) is 6.42 Å². The van der Waals surface area contributed by atoms with Crippen LogP contribution in [0.15, 0.2) is 23.8 Å². The van der Waals surface area contributed by atoms with Crippen molar-refractivity contribution in [1.29, 1.82) is 0 Å². The molecule has 0 aromatic heterocycles. The van der Waals surface area contributed by atoms with Gasteiger partial charge in [0.2, 0.25) is 0 Å². The molecule has 0 unspecified atom stereocenters. The Morgan fingerprint density at radius 3 is 2.63 bits per heavy atom. The smallest absolute Gasteiger partial charge is 0.304 e. The topological polar surface area (TPSA) is 43.4 Å². The second-order valence-corrected chi connectivity index (χ2v) is 9.69. The molecule has 0 aromatic carbocycles. The van der Waals surface area contributed by atoms with Crippen LogP contribution in [0.3, 0.4) is 0 Å². The van der Waals surface area contributed by atoms with Crippen LogP contribution in [0, 0.1) is 40.9 Å². The Hall–Kier alpha value is -1.82. The molecule has 3 saturated carbocycles. The number of ketones is 1. The van der Waals surface area contributed by atoms with Crippen molar-refractivity contribution in [3.8, 4) is 12.3 Å². The van der Waals surface area contributed by atoms with Gasteiger partial charge in [0.25, 0.3) is 0 Å². The molecule has 3 nitrogen and oxygen atoms in total. The van der Waals surface area contributed by atoms with Crippen LogP contribution in [-0.4, -0.2) is 17.4 Å². The van der Waals surface area contributed by atoms with Crippen molar-refractivity contribution in [3.05, 3.63) is 23.8 Å². The van der Waals surface area contributed by atoms with Gasteiger partial charge in [-0.1, -0.05) is 31.9 Å². The lowest BCUT2D eigenvalue weighted by Gasteiger charge is -2.59. The quantitative estimate of drug-likeness (QED) is 0.502. The van der Waals surface area contributed by atoms with Gasteiger partial charge in [0.15, 0.2) is 11.4 Å². The summed E-state index contributed by atoms with van der Waals surface area (Å²) < 4.78 is 5.82. The SMILES string of the molecule is C#C[C@]1(OC(C)=O)CC[C@H]2[C@@H]3CC(=C)C4=CC(=O)CC[C@]4(C)[C@H]3CC[C@@]21C. The van der Waals surface area contributed by atoms with E-state index in [9.17, 15) is 9.59 Å². The summed E-state index contributed by atoms with van der Waals surface area (Å²) in [5.74, 6) is 4.34. The summed E-state index contributed by atoms with van der Waals surface area (Å²) in [5, 5.41) is 0. The molecule has 3 fully saturated rings. The zero-order chi connectivity index (χ0) is 19.6. The van der Waals surface area contributed by atoms with Crippen molar-refractivity contribution >= 4 is 11.8 Å². The maximum absolute atomic E-state index is 12.0. The lowest BCUT2D eigenvalue weighted by Crippen LogP contribution is -2.55. The van der Waals surface area contributed by atoms with Crippen molar-refractivity contribution in [1.82, 2.24) is 0 Å². The third-order valence-electron chi connectivity index (χ3n) is 8.60. The molecular weight excluding hydrogens is 336 g/mol. The number of rotatable bonds is 1. The van der Waals surface area contributed by atoms with Crippen LogP contribution in [0.1, 0.15) is 65.7 Å². The largest absolute Gasteiger partial charge is 0.445 e. The van der Waals surface area contributed by atoms with E-state index in [2.05, 4.69) is 26.3 Å². The minimum atomic E-state index is -0.782. The molecule has 0 spiro atoms. The molecule has 6 atom stereocenters. The third kappa shape index (κ3) is 2.35. The Kier molecular flexibility index (Phi) is 4.01. The molecule has 0 heterocycles. The molecule has 4 aliphatic rings. The molecule has 0 aliphatic heterocycles. The van der Waals surface area contributed by atoms with Gasteiger partial charge in [-0.3, -0.25) is 9.59 Å². The van der Waals surface area contributed by atoms with Gasteiger partial charge in [-0.25, -0.2) is 0 Å². The standard InChI is InChI=1S/C24H30O3/c1-6-24(27-16(3)25)12-9-20-18-13-15(2)21-14-17(26)7-10-22(21,4)19(18)8-11-23(20,24)5/h1,14,18-20H,2,7-13H2,3-5H3/t18-,19+,20+,22-,23+,24+/m1/s1. The number of hydrogen-bond acceptors (Lipinski definition) is 3. The fourth-order valence-corrected chi connectivity index (χ4v) is 7.24. The minimum absolute atomic E-state index is 0.0397. The first-order valence-electron chi connectivity index (χ1n) is 10.3. The lowest BCUT2D eigenvalue weighted by atomic mass is 9.46. The molecule has 4 rings (SSSR count). The first-order valence-corrected chi connectivity index (χ1v) is 10.3. The number of ether oxygens (including phenoxy) is 1. The molecule has 4 aliphatic carbocycles. The highest BCUT2D eigenvalue weighted by molar-refractivity contribution is 5.92. The molecule has 0 bridgehead atoms. The summed E-state index contributed by atoms with van der Waals surface area (Å²) in [6.45, 7) is 10.4. The van der Waals surface area contributed by atoms with E-state index in [1.807, 2.05) is 6.08 Å². The summed E-state index contributed by atoms with van der Waals surface area (Å²) in [5.41, 5.74) is 1.40. The van der Waals surface area contributed by atoms with Crippen LogP contribution in [0.25, 0.3) is 0 Å². The molecule has 144 valence electrons. The summed E-state index contributed by atoms with van der Waals surface area (Å²) in [4.78, 5) is 23.9. The number of fused-ring (bicyclic) bond motifs is 5. The van der Waals surface area contributed by atoms with Gasteiger partial charge in [0, 0.05) is 18.8 Å². The maximum atomic E-state index is 12.0. The summed E-state index contributed by atoms with van der Waals surface area (Å²) >= 11 is 0. The number of esters is 1. The molecule has 0 radical (unpaired) electrons. The normalized spacial score (nSPS) is 45.9. The fourth-order valence-electron chi connectivity index (χ4n) is 7.24. The van der Waals surface area contributed by atoms with Gasteiger partial charge in [-0.2, -0.15) is 0 Å². The monoisotopic (exact) mass is 366 g/mol. The number of carbonyl (C=O) groups is 2. The number of allylic oxidation sites excluding steroid dienone is 2. The Bertz CT molecular complexity index is 799. The highest BCUT2D eigenvalue weighted by atomic mass is 16.6. The average molecular weight is 367 g/mol. The van der Waals surface area contributed by atoms with E-state index in [0.29, 0.717) is 24.2 Å². The van der Waals surface area contributed by atoms with Gasteiger partial charge in [0.1, 0.15) is 0 Å². The highest BCUT2D eigenvalue weighted by Gasteiger charge is 2.65. The molecule has 0 aromatic rings. The maximum Gasteiger partial charge on any atom is 0.304 e. The van der Waals surface area contributed by atoms with E-state index in [1.165, 1.54) is 12.5 Å². The van der Waals surface area contributed by atoms with Crippen LogP contribution in [-0.2, 0) is 14.3 Å². The van der Waals surface area contributed by atoms with Gasteiger partial charge >= 0.3 is 5.97 Å². The summed E-state index contributed by atoms with van der Waals surface area (Å²) in [6, 6.07) is 0. The van der Waals surface area contributed by atoms with Gasteiger partial charge in [0.05, 0.1) is 0 Å². The number of carbonyl (C=O) groups excluding carboxylic acids is 2. The summed E-state index contributed by atoms with van der Waals surface area (Å²) in [6.07, 6.45) is 14.1. The van der Waals surface area contributed by atoms with Gasteiger partial charge < -0.3 is 4.74 Å². The Labute approximate surface area is 162 Å². The van der Waals surface area contributed by atoms with E-state index < -0.39 is 5.60 Å². The van der Waals surface area contributed by atoms with E-state index >= 15 is 0 Å². The van der Waals surface area contributed by atoms with Crippen LogP contribution < -0.4 is 0 Å². The highest BCUT2D eigenvalue weighted by Crippen LogP contribution is 2.68. The molecule has 27 heavy (non-hydrogen) atoms. The molecule has 0 N–H and O–H groups in total. The zero-order valence-electron chi connectivity index (χ0n) is 16.8. The predicted octanol–water partition coefficient (Wildman–Crippen LogP) is 4.62. The van der Waals surface area contributed by atoms with E-state index in [4.69, 9.17) is 11.2 Å². The van der Waals surface area contributed by atoms with Crippen molar-refractivity contribution in [3.63, 3.8) is 0 Å². The Morgan fingerprint density at radius 1 is 1.26 bits per heavy atom. The van der Waals surface area contributed by atoms with Crippen molar-refractivity contribution < 1.29 is 14.3 Å². The van der Waals surface area contributed by atoms with Crippen molar-refractivity contribution in [2.24, 2.45) is 28.6 Å². The van der Waals surface area contributed by atoms with Crippen molar-refractivity contribution in [2.75, 3.05) is 0 Å². The first-order chi connectivity index (χ1) is 12.7. The third-order valence-corrected chi connectivity index (χ3v) is 8.60. The van der Waals surface area contributed by atoms with E-state index in [0.717, 1.165) is 44.1 Å².